The minimum Gasteiger partial charge on any atom is -0.456 e. The van der Waals surface area contributed by atoms with Gasteiger partial charge in [0.1, 0.15) is 11.2 Å². The summed E-state index contributed by atoms with van der Waals surface area (Å²) in [6.45, 7) is 0. The quantitative estimate of drug-likeness (QED) is 0.318. The molecule has 0 aliphatic rings. The lowest BCUT2D eigenvalue weighted by Gasteiger charge is -2.11. The average Bonchev–Trinajstić information content (AvgIpc) is 3.51. The molecule has 0 bridgehead atoms. The van der Waals surface area contributed by atoms with Gasteiger partial charge in [-0.1, -0.05) is 78.7 Å². The molecule has 0 spiro atoms. The fourth-order valence-electron chi connectivity index (χ4n) is 5.05. The van der Waals surface area contributed by atoms with Crippen LogP contribution in [0.4, 0.5) is 0 Å². The molecule has 0 unspecified atom stereocenters. The molecular formula is C30H20BNO3. The van der Waals surface area contributed by atoms with Gasteiger partial charge in [0.25, 0.3) is 0 Å². The number of hydrogen-bond donors (Lipinski definition) is 2. The van der Waals surface area contributed by atoms with Crippen molar-refractivity contribution in [1.29, 1.82) is 0 Å². The number of aromatic nitrogens is 1. The Balaban J connectivity index is 1.64. The van der Waals surface area contributed by atoms with Gasteiger partial charge in [-0.15, -0.1) is 0 Å². The Hall–Kier alpha value is -4.32. The molecule has 0 saturated carbocycles. The zero-order chi connectivity index (χ0) is 27.9. The van der Waals surface area contributed by atoms with Crippen LogP contribution in [-0.4, -0.2) is 21.7 Å². The van der Waals surface area contributed by atoms with E-state index in [1.54, 1.807) is 24.3 Å². The number of fused-ring (bicyclic) bond motifs is 6. The average molecular weight is 458 g/mol. The van der Waals surface area contributed by atoms with E-state index in [-0.39, 0.29) is 28.7 Å². The van der Waals surface area contributed by atoms with Crippen LogP contribution in [0.1, 0.15) is 6.85 Å². The first-order chi connectivity index (χ1) is 19.3. The Morgan fingerprint density at radius 1 is 0.743 bits per heavy atom. The predicted molar refractivity (Wildman–Crippen MR) is 143 cm³/mol. The van der Waals surface area contributed by atoms with E-state index in [4.69, 9.17) is 11.3 Å². The normalized spacial score (nSPS) is 13.7. The van der Waals surface area contributed by atoms with E-state index in [0.29, 0.717) is 27.6 Å². The van der Waals surface area contributed by atoms with Gasteiger partial charge in [0.05, 0.1) is 17.9 Å². The second-order valence-electron chi connectivity index (χ2n) is 8.44. The van der Waals surface area contributed by atoms with E-state index in [1.807, 2.05) is 59.2 Å². The molecule has 0 fully saturated rings. The SMILES string of the molecule is [2H]c1c([2H])c([2H])c(-c2cccc3oc4c(B(O)O)cc(-n5c6ccccc6c6ccccc65)cc4c23)c([2H])c1[2H]. The lowest BCUT2D eigenvalue weighted by molar-refractivity contribution is 0.425. The number of benzene rings is 5. The predicted octanol–water partition coefficient (Wildman–Crippen LogP) is 6.03. The minimum atomic E-state index is -1.85. The van der Waals surface area contributed by atoms with Crippen LogP contribution in [-0.2, 0) is 0 Å². The molecule has 0 saturated heterocycles. The van der Waals surface area contributed by atoms with E-state index in [2.05, 4.69) is 0 Å². The molecule has 0 atom stereocenters. The number of nitrogens with zero attached hydrogens (tertiary/aromatic N) is 1. The number of hydrogen-bond acceptors (Lipinski definition) is 3. The van der Waals surface area contributed by atoms with Crippen molar-refractivity contribution in [2.24, 2.45) is 0 Å². The third kappa shape index (κ3) is 2.96. The third-order valence-electron chi connectivity index (χ3n) is 6.50. The molecule has 0 radical (unpaired) electrons. The summed E-state index contributed by atoms with van der Waals surface area (Å²) in [5.74, 6) is 0. The molecule has 2 heterocycles. The van der Waals surface area contributed by atoms with Gasteiger partial charge in [-0.2, -0.15) is 0 Å². The molecule has 5 heteroatoms. The maximum Gasteiger partial charge on any atom is 0.492 e. The Morgan fingerprint density at radius 3 is 2.11 bits per heavy atom. The van der Waals surface area contributed by atoms with Gasteiger partial charge in [-0.25, -0.2) is 0 Å². The Morgan fingerprint density at radius 2 is 1.43 bits per heavy atom. The summed E-state index contributed by atoms with van der Waals surface area (Å²) in [5, 5.41) is 24.0. The van der Waals surface area contributed by atoms with Crippen molar-refractivity contribution in [2.75, 3.05) is 0 Å². The number of para-hydroxylation sites is 2. The largest absolute Gasteiger partial charge is 0.492 e. The number of rotatable bonds is 3. The molecule has 0 aliphatic carbocycles. The van der Waals surface area contributed by atoms with Gasteiger partial charge >= 0.3 is 7.12 Å². The van der Waals surface area contributed by atoms with Crippen molar-refractivity contribution in [1.82, 2.24) is 4.57 Å². The van der Waals surface area contributed by atoms with Crippen molar-refractivity contribution in [3.63, 3.8) is 0 Å². The molecule has 2 N–H and O–H groups in total. The zero-order valence-electron chi connectivity index (χ0n) is 23.3. The van der Waals surface area contributed by atoms with E-state index in [1.165, 1.54) is 0 Å². The summed E-state index contributed by atoms with van der Waals surface area (Å²) in [6.07, 6.45) is 0. The first-order valence-electron chi connectivity index (χ1n) is 13.7. The second-order valence-corrected chi connectivity index (χ2v) is 8.44. The molecule has 5 aromatic carbocycles. The van der Waals surface area contributed by atoms with Crippen LogP contribution in [0.5, 0.6) is 0 Å². The lowest BCUT2D eigenvalue weighted by Crippen LogP contribution is -2.30. The van der Waals surface area contributed by atoms with Gasteiger partial charge in [-0.05, 0) is 41.5 Å². The molecule has 35 heavy (non-hydrogen) atoms. The Kier molecular flexibility index (Phi) is 3.38. The van der Waals surface area contributed by atoms with Crippen LogP contribution < -0.4 is 5.46 Å². The maximum atomic E-state index is 10.4. The monoisotopic (exact) mass is 458 g/mol. The lowest BCUT2D eigenvalue weighted by atomic mass is 9.78. The Labute approximate surface area is 208 Å². The summed E-state index contributed by atoms with van der Waals surface area (Å²) < 4.78 is 49.7. The second kappa shape index (κ2) is 7.60. The molecule has 7 rings (SSSR count). The van der Waals surface area contributed by atoms with E-state index < -0.39 is 25.2 Å². The van der Waals surface area contributed by atoms with Crippen LogP contribution in [0.25, 0.3) is 60.6 Å². The van der Waals surface area contributed by atoms with Crippen LogP contribution in [0.3, 0.4) is 0 Å². The van der Waals surface area contributed by atoms with E-state index in [9.17, 15) is 10.0 Å². The summed E-state index contributed by atoms with van der Waals surface area (Å²) >= 11 is 0. The molecular weight excluding hydrogens is 433 g/mol. The number of furan rings is 1. The maximum absolute atomic E-state index is 10.4. The summed E-state index contributed by atoms with van der Waals surface area (Å²) in [5.41, 5.74) is 3.75. The third-order valence-corrected chi connectivity index (χ3v) is 6.50. The molecule has 0 amide bonds. The highest BCUT2D eigenvalue weighted by Crippen LogP contribution is 2.38. The van der Waals surface area contributed by atoms with Gasteiger partial charge < -0.3 is 19.0 Å². The van der Waals surface area contributed by atoms with Crippen molar-refractivity contribution in [3.8, 4) is 16.8 Å². The van der Waals surface area contributed by atoms with E-state index in [0.717, 1.165) is 21.8 Å². The van der Waals surface area contributed by atoms with Gasteiger partial charge in [0.15, 0.2) is 0 Å². The molecule has 0 aliphatic heterocycles. The standard InChI is InChI=1S/C30H20BNO3/c33-31(34)25-18-20(32-26-14-6-4-11-22(26)23-12-5-7-15-27(23)32)17-24-29-21(19-9-2-1-3-10-19)13-8-16-28(29)35-30(24)25/h1-18,33-34H/i1D,2D,3D,9D,10D. The summed E-state index contributed by atoms with van der Waals surface area (Å²) in [6, 6.07) is 22.6. The highest BCUT2D eigenvalue weighted by Gasteiger charge is 2.24. The van der Waals surface area contributed by atoms with E-state index >= 15 is 0 Å². The molecule has 4 nitrogen and oxygen atoms in total. The highest BCUT2D eigenvalue weighted by molar-refractivity contribution is 6.62. The first kappa shape index (κ1) is 15.6. The summed E-state index contributed by atoms with van der Waals surface area (Å²) in [7, 11) is -1.85. The van der Waals surface area contributed by atoms with Crippen LogP contribution >= 0.6 is 0 Å². The van der Waals surface area contributed by atoms with Crippen molar-refractivity contribution in [3.05, 3.63) is 109 Å². The van der Waals surface area contributed by atoms with Crippen LogP contribution in [0.15, 0.2) is 113 Å². The minimum absolute atomic E-state index is 0.0488. The zero-order valence-corrected chi connectivity index (χ0v) is 18.3. The Bertz CT molecular complexity index is 2090. The van der Waals surface area contributed by atoms with Crippen LogP contribution in [0.2, 0.25) is 0 Å². The molecule has 7 aromatic rings. The summed E-state index contributed by atoms with van der Waals surface area (Å²) in [4.78, 5) is 0. The van der Waals surface area contributed by atoms with Crippen molar-refractivity contribution >= 4 is 56.3 Å². The van der Waals surface area contributed by atoms with Gasteiger partial charge in [0, 0.05) is 32.7 Å². The first-order valence-corrected chi connectivity index (χ1v) is 11.2. The van der Waals surface area contributed by atoms with Gasteiger partial charge in [0.2, 0.25) is 0 Å². The van der Waals surface area contributed by atoms with Crippen LogP contribution in [0, 0.1) is 0 Å². The smallest absolute Gasteiger partial charge is 0.456 e. The molecule has 2 aromatic heterocycles. The van der Waals surface area contributed by atoms with Crippen molar-refractivity contribution in [2.45, 2.75) is 0 Å². The highest BCUT2D eigenvalue weighted by atomic mass is 16.4. The fraction of sp³-hybridized carbons (Fsp3) is 0. The van der Waals surface area contributed by atoms with Crippen molar-refractivity contribution < 1.29 is 21.3 Å². The molecule has 166 valence electrons. The van der Waals surface area contributed by atoms with Gasteiger partial charge in [-0.3, -0.25) is 0 Å². The fourth-order valence-corrected chi connectivity index (χ4v) is 5.05. The topological polar surface area (TPSA) is 58.5 Å².